The van der Waals surface area contributed by atoms with E-state index < -0.39 is 0 Å². The first kappa shape index (κ1) is 12.4. The molecule has 0 bridgehead atoms. The summed E-state index contributed by atoms with van der Waals surface area (Å²) in [5, 5.41) is 3.74. The average molecular weight is 287 g/mol. The maximum atomic E-state index is 12.6. The molecule has 0 atom stereocenters. The zero-order valence-corrected chi connectivity index (χ0v) is 11.9. The molecule has 0 N–H and O–H groups in total. The Hall–Kier alpha value is -1.64. The van der Waals surface area contributed by atoms with Crippen LogP contribution in [0.25, 0.3) is 10.1 Å². The minimum Gasteiger partial charge on any atom is -0.289 e. The highest BCUT2D eigenvalue weighted by molar-refractivity contribution is 7.17. The Kier molecular flexibility index (Phi) is 3.13. The van der Waals surface area contributed by atoms with E-state index in [1.165, 1.54) is 0 Å². The molecule has 0 aliphatic rings. The molecule has 0 aliphatic carbocycles. The quantitative estimate of drug-likeness (QED) is 0.599. The lowest BCUT2D eigenvalue weighted by Gasteiger charge is -2.05. The van der Waals surface area contributed by atoms with Gasteiger partial charge in [-0.15, -0.1) is 11.3 Å². The summed E-state index contributed by atoms with van der Waals surface area (Å²) in [7, 11) is 0. The van der Waals surface area contributed by atoms with Gasteiger partial charge in [-0.3, -0.25) is 4.79 Å². The summed E-state index contributed by atoms with van der Waals surface area (Å²) < 4.78 is 1.03. The van der Waals surface area contributed by atoms with Crippen LogP contribution >= 0.6 is 22.9 Å². The number of fused-ring (bicyclic) bond motifs is 1. The van der Waals surface area contributed by atoms with Crippen molar-refractivity contribution in [2.24, 2.45) is 0 Å². The fourth-order valence-corrected chi connectivity index (χ4v) is 3.15. The third-order valence-corrected chi connectivity index (χ3v) is 4.53. The molecule has 3 rings (SSSR count). The lowest BCUT2D eigenvalue weighted by atomic mass is 10.0. The highest BCUT2D eigenvalue weighted by atomic mass is 35.5. The van der Waals surface area contributed by atoms with E-state index in [1.807, 2.05) is 48.7 Å². The molecule has 0 spiro atoms. The largest absolute Gasteiger partial charge is 0.289 e. The molecule has 0 saturated heterocycles. The molecule has 1 aromatic heterocycles. The number of rotatable bonds is 2. The number of halogens is 1. The number of hydrogen-bond acceptors (Lipinski definition) is 2. The minimum absolute atomic E-state index is 0.0231. The number of benzene rings is 2. The molecule has 0 amide bonds. The van der Waals surface area contributed by atoms with Gasteiger partial charge in [0.05, 0.1) is 0 Å². The normalized spacial score (nSPS) is 10.8. The Labute approximate surface area is 120 Å². The second-order valence-corrected chi connectivity index (χ2v) is 5.76. The van der Waals surface area contributed by atoms with E-state index in [1.54, 1.807) is 17.4 Å². The fourth-order valence-electron chi connectivity index (χ4n) is 2.06. The fraction of sp³-hybridized carbons (Fsp3) is 0.0625. The summed E-state index contributed by atoms with van der Waals surface area (Å²) >= 11 is 7.68. The van der Waals surface area contributed by atoms with Crippen molar-refractivity contribution in [3.8, 4) is 0 Å². The van der Waals surface area contributed by atoms with E-state index >= 15 is 0 Å². The van der Waals surface area contributed by atoms with Crippen molar-refractivity contribution in [1.29, 1.82) is 0 Å². The van der Waals surface area contributed by atoms with Gasteiger partial charge in [-0.25, -0.2) is 0 Å². The van der Waals surface area contributed by atoms with E-state index in [9.17, 15) is 4.79 Å². The van der Waals surface area contributed by atoms with Gasteiger partial charge in [0.1, 0.15) is 0 Å². The van der Waals surface area contributed by atoms with E-state index in [4.69, 9.17) is 11.6 Å². The highest BCUT2D eigenvalue weighted by Crippen LogP contribution is 2.27. The van der Waals surface area contributed by atoms with Crippen LogP contribution < -0.4 is 0 Å². The van der Waals surface area contributed by atoms with Crippen molar-refractivity contribution in [2.45, 2.75) is 6.92 Å². The number of hydrogen-bond donors (Lipinski definition) is 0. The van der Waals surface area contributed by atoms with Crippen molar-refractivity contribution in [2.75, 3.05) is 0 Å². The number of ketones is 1. The first-order chi connectivity index (χ1) is 9.16. The van der Waals surface area contributed by atoms with Gasteiger partial charge < -0.3 is 0 Å². The molecule has 0 unspecified atom stereocenters. The topological polar surface area (TPSA) is 17.1 Å². The third kappa shape index (κ3) is 2.18. The first-order valence-electron chi connectivity index (χ1n) is 5.94. The summed E-state index contributed by atoms with van der Waals surface area (Å²) in [6.07, 6.45) is 0. The number of aryl methyl sites for hydroxylation is 1. The van der Waals surface area contributed by atoms with Crippen molar-refractivity contribution >= 4 is 38.8 Å². The molecule has 3 heteroatoms. The summed E-state index contributed by atoms with van der Waals surface area (Å²) in [4.78, 5) is 12.6. The molecule has 1 heterocycles. The Balaban J connectivity index is 2.13. The number of carbonyl (C=O) groups excluding carboxylic acids is 1. The Morgan fingerprint density at radius 1 is 1.16 bits per heavy atom. The Bertz CT molecular complexity index is 773. The molecule has 1 nitrogen and oxygen atoms in total. The molecular formula is C16H11ClOS. The molecule has 0 fully saturated rings. The molecule has 94 valence electrons. The van der Waals surface area contributed by atoms with E-state index in [-0.39, 0.29) is 5.78 Å². The molecule has 3 aromatic rings. The summed E-state index contributed by atoms with van der Waals surface area (Å²) in [5.41, 5.74) is 2.36. The van der Waals surface area contributed by atoms with Crippen molar-refractivity contribution < 1.29 is 4.79 Å². The number of thiophene rings is 1. The predicted octanol–water partition coefficient (Wildman–Crippen LogP) is 5.09. The highest BCUT2D eigenvalue weighted by Gasteiger charge is 2.14. The van der Waals surface area contributed by atoms with E-state index in [0.717, 1.165) is 21.2 Å². The first-order valence-corrected chi connectivity index (χ1v) is 7.19. The van der Waals surface area contributed by atoms with Crippen LogP contribution in [-0.4, -0.2) is 5.78 Å². The lowest BCUT2D eigenvalue weighted by molar-refractivity contribution is 0.104. The predicted molar refractivity (Wildman–Crippen MR) is 81.4 cm³/mol. The summed E-state index contributed by atoms with van der Waals surface area (Å²) in [5.74, 6) is 0.0231. The van der Waals surface area contributed by atoms with Crippen LogP contribution in [-0.2, 0) is 0 Å². The van der Waals surface area contributed by atoms with Crippen molar-refractivity contribution in [1.82, 2.24) is 0 Å². The smallest absolute Gasteiger partial charge is 0.194 e. The molecular weight excluding hydrogens is 276 g/mol. The molecule has 19 heavy (non-hydrogen) atoms. The van der Waals surface area contributed by atoms with Crippen molar-refractivity contribution in [3.05, 3.63) is 69.6 Å². The van der Waals surface area contributed by atoms with Crippen LogP contribution in [0.3, 0.4) is 0 Å². The van der Waals surface area contributed by atoms with Crippen LogP contribution in [0, 0.1) is 6.92 Å². The van der Waals surface area contributed by atoms with E-state index in [2.05, 4.69) is 0 Å². The summed E-state index contributed by atoms with van der Waals surface area (Å²) in [6, 6.07) is 13.3. The minimum atomic E-state index is 0.0231. The summed E-state index contributed by atoms with van der Waals surface area (Å²) in [6.45, 7) is 1.93. The number of carbonyl (C=O) groups is 1. The molecule has 2 aromatic carbocycles. The maximum absolute atomic E-state index is 12.6. The van der Waals surface area contributed by atoms with Crippen molar-refractivity contribution in [3.63, 3.8) is 0 Å². The third-order valence-electron chi connectivity index (χ3n) is 3.16. The van der Waals surface area contributed by atoms with Crippen LogP contribution in [0.15, 0.2) is 47.8 Å². The monoisotopic (exact) mass is 286 g/mol. The standard InChI is InChI=1S/C16H11ClOS/c1-10-5-6-12(9-14(10)17)15(18)13-4-2-3-11-7-8-19-16(11)13/h2-9H,1H3. The second kappa shape index (κ2) is 4.80. The Morgan fingerprint density at radius 3 is 2.79 bits per heavy atom. The zero-order valence-electron chi connectivity index (χ0n) is 10.3. The SMILES string of the molecule is Cc1ccc(C(=O)c2cccc3ccsc23)cc1Cl. The molecule has 0 aliphatic heterocycles. The average Bonchev–Trinajstić information content (AvgIpc) is 2.89. The van der Waals surface area contributed by atoms with Gasteiger partial charge in [0, 0.05) is 20.8 Å². The van der Waals surface area contributed by atoms with Crippen LogP contribution in [0.4, 0.5) is 0 Å². The van der Waals surface area contributed by atoms with Gasteiger partial charge >= 0.3 is 0 Å². The van der Waals surface area contributed by atoms with E-state index in [0.29, 0.717) is 10.6 Å². The van der Waals surface area contributed by atoms with Crippen LogP contribution in [0.2, 0.25) is 5.02 Å². The lowest BCUT2D eigenvalue weighted by Crippen LogP contribution is -2.01. The van der Waals surface area contributed by atoms with Gasteiger partial charge in [0.25, 0.3) is 0 Å². The van der Waals surface area contributed by atoms with Crippen LogP contribution in [0.5, 0.6) is 0 Å². The van der Waals surface area contributed by atoms with Gasteiger partial charge in [-0.05, 0) is 41.5 Å². The van der Waals surface area contributed by atoms with Gasteiger partial charge in [0.2, 0.25) is 0 Å². The van der Waals surface area contributed by atoms with Gasteiger partial charge in [-0.1, -0.05) is 35.9 Å². The molecule has 0 radical (unpaired) electrons. The zero-order chi connectivity index (χ0) is 13.4. The van der Waals surface area contributed by atoms with Crippen LogP contribution in [0.1, 0.15) is 21.5 Å². The van der Waals surface area contributed by atoms with Gasteiger partial charge in [-0.2, -0.15) is 0 Å². The Morgan fingerprint density at radius 2 is 2.00 bits per heavy atom. The molecule has 0 saturated carbocycles. The second-order valence-electron chi connectivity index (χ2n) is 4.44. The van der Waals surface area contributed by atoms with Gasteiger partial charge in [0.15, 0.2) is 5.78 Å². The maximum Gasteiger partial charge on any atom is 0.194 e.